The van der Waals surface area contributed by atoms with E-state index in [9.17, 15) is 22.8 Å². The van der Waals surface area contributed by atoms with E-state index >= 15 is 0 Å². The van der Waals surface area contributed by atoms with Crippen LogP contribution in [0.3, 0.4) is 0 Å². The Balaban J connectivity index is 1.98. The van der Waals surface area contributed by atoms with Gasteiger partial charge in [0.2, 0.25) is 5.91 Å². The summed E-state index contributed by atoms with van der Waals surface area (Å²) in [7, 11) is 0. The number of aliphatic carboxylic acids is 1. The summed E-state index contributed by atoms with van der Waals surface area (Å²) in [6, 6.07) is 4.30. The summed E-state index contributed by atoms with van der Waals surface area (Å²) >= 11 is 0. The molecule has 138 valence electrons. The van der Waals surface area contributed by atoms with E-state index in [0.29, 0.717) is 5.56 Å². The molecule has 1 saturated carbocycles. The van der Waals surface area contributed by atoms with E-state index in [1.54, 1.807) is 0 Å². The van der Waals surface area contributed by atoms with Crippen molar-refractivity contribution >= 4 is 11.9 Å². The lowest BCUT2D eigenvalue weighted by molar-refractivity contribution is -0.148. The molecule has 1 aliphatic rings. The van der Waals surface area contributed by atoms with E-state index in [1.165, 1.54) is 12.1 Å². The Morgan fingerprint density at radius 3 is 2.28 bits per heavy atom. The molecule has 1 N–H and O–H groups in total. The fraction of sp³-hybridized carbons (Fsp3) is 0.529. The van der Waals surface area contributed by atoms with E-state index in [1.807, 2.05) is 0 Å². The Labute approximate surface area is 143 Å². The summed E-state index contributed by atoms with van der Waals surface area (Å²) in [6.45, 7) is -0.843. The van der Waals surface area contributed by atoms with Crippen molar-refractivity contribution in [3.05, 3.63) is 35.4 Å². The number of carbonyl (C=O) groups is 2. The van der Waals surface area contributed by atoms with Crippen LogP contribution in [0.5, 0.6) is 0 Å². The summed E-state index contributed by atoms with van der Waals surface area (Å²) in [5.41, 5.74) is -0.375. The van der Waals surface area contributed by atoms with Gasteiger partial charge in [-0.1, -0.05) is 25.0 Å². The largest absolute Gasteiger partial charge is 0.480 e. The number of amides is 1. The number of carboxylic acid groups (broad SMARTS) is 1. The third-order valence-corrected chi connectivity index (χ3v) is 4.08. The molecule has 25 heavy (non-hydrogen) atoms. The van der Waals surface area contributed by atoms with Crippen LogP contribution in [0.1, 0.15) is 36.8 Å². The van der Waals surface area contributed by atoms with Crippen LogP contribution in [-0.2, 0) is 27.0 Å². The maximum atomic E-state index is 12.6. The number of ether oxygens (including phenoxy) is 1. The Morgan fingerprint density at radius 1 is 1.16 bits per heavy atom. The minimum atomic E-state index is -4.44. The molecule has 5 nitrogen and oxygen atoms in total. The molecule has 0 atom stereocenters. The molecule has 1 aromatic carbocycles. The van der Waals surface area contributed by atoms with Crippen LogP contribution in [-0.4, -0.2) is 41.1 Å². The Bertz CT molecular complexity index is 595. The molecule has 1 aliphatic carbocycles. The second kappa shape index (κ2) is 8.33. The lowest BCUT2D eigenvalue weighted by Gasteiger charge is -2.22. The van der Waals surface area contributed by atoms with Gasteiger partial charge < -0.3 is 14.7 Å². The van der Waals surface area contributed by atoms with Gasteiger partial charge in [-0.15, -0.1) is 0 Å². The average molecular weight is 359 g/mol. The van der Waals surface area contributed by atoms with Gasteiger partial charge in [-0.05, 0) is 30.5 Å². The number of nitrogens with zero attached hydrogens (tertiary/aromatic N) is 1. The number of carboxylic acids is 1. The number of halogens is 3. The van der Waals surface area contributed by atoms with Crippen molar-refractivity contribution < 1.29 is 32.6 Å². The first kappa shape index (κ1) is 19.2. The summed E-state index contributed by atoms with van der Waals surface area (Å²) < 4.78 is 43.2. The van der Waals surface area contributed by atoms with Gasteiger partial charge in [0.05, 0.1) is 11.7 Å². The highest BCUT2D eigenvalue weighted by Crippen LogP contribution is 2.29. The lowest BCUT2D eigenvalue weighted by Crippen LogP contribution is -2.38. The van der Waals surface area contributed by atoms with Gasteiger partial charge in [0.25, 0.3) is 0 Å². The molecule has 0 heterocycles. The minimum Gasteiger partial charge on any atom is -0.480 e. The van der Waals surface area contributed by atoms with Crippen molar-refractivity contribution in [2.24, 2.45) is 0 Å². The average Bonchev–Trinajstić information content (AvgIpc) is 3.04. The topological polar surface area (TPSA) is 66.8 Å². The van der Waals surface area contributed by atoms with E-state index in [4.69, 9.17) is 9.84 Å². The van der Waals surface area contributed by atoms with Gasteiger partial charge in [-0.2, -0.15) is 13.2 Å². The maximum Gasteiger partial charge on any atom is 0.416 e. The summed E-state index contributed by atoms with van der Waals surface area (Å²) in [4.78, 5) is 24.3. The molecule has 0 radical (unpaired) electrons. The van der Waals surface area contributed by atoms with Crippen LogP contribution in [0, 0.1) is 0 Å². The molecule has 1 aromatic rings. The van der Waals surface area contributed by atoms with E-state index in [-0.39, 0.29) is 19.3 Å². The van der Waals surface area contributed by atoms with Crippen molar-refractivity contribution in [3.63, 3.8) is 0 Å². The van der Waals surface area contributed by atoms with Gasteiger partial charge in [0.1, 0.15) is 13.2 Å². The summed E-state index contributed by atoms with van der Waals surface area (Å²) in [5, 5.41) is 8.96. The molecule has 0 spiro atoms. The number of hydrogen-bond acceptors (Lipinski definition) is 3. The lowest BCUT2D eigenvalue weighted by atomic mass is 10.1. The van der Waals surface area contributed by atoms with E-state index in [0.717, 1.165) is 42.7 Å². The quantitative estimate of drug-likeness (QED) is 0.812. The fourth-order valence-corrected chi connectivity index (χ4v) is 2.75. The normalized spacial score (nSPS) is 15.3. The molecule has 2 rings (SSSR count). The van der Waals surface area contributed by atoms with Crippen LogP contribution >= 0.6 is 0 Å². The zero-order valence-electron chi connectivity index (χ0n) is 13.6. The second-order valence-electron chi connectivity index (χ2n) is 6.06. The third kappa shape index (κ3) is 6.04. The maximum absolute atomic E-state index is 12.6. The molecule has 0 bridgehead atoms. The zero-order chi connectivity index (χ0) is 18.4. The molecule has 8 heteroatoms. The van der Waals surface area contributed by atoms with Crippen molar-refractivity contribution in [1.82, 2.24) is 4.90 Å². The van der Waals surface area contributed by atoms with Crippen molar-refractivity contribution in [3.8, 4) is 0 Å². The first-order valence-corrected chi connectivity index (χ1v) is 8.03. The third-order valence-electron chi connectivity index (χ3n) is 4.08. The fourth-order valence-electron chi connectivity index (χ4n) is 2.75. The summed E-state index contributed by atoms with van der Waals surface area (Å²) in [5.74, 6) is -1.68. The highest BCUT2D eigenvalue weighted by atomic mass is 19.4. The molecule has 0 aliphatic heterocycles. The van der Waals surface area contributed by atoms with Crippen molar-refractivity contribution in [1.29, 1.82) is 0 Å². The number of carbonyl (C=O) groups excluding carboxylic acids is 1. The van der Waals surface area contributed by atoms with Gasteiger partial charge >= 0.3 is 12.1 Å². The Kier molecular flexibility index (Phi) is 6.41. The van der Waals surface area contributed by atoms with Crippen LogP contribution < -0.4 is 0 Å². The molecular weight excluding hydrogens is 339 g/mol. The molecule has 0 aromatic heterocycles. The van der Waals surface area contributed by atoms with Gasteiger partial charge in [0.15, 0.2) is 0 Å². The number of rotatable bonds is 7. The van der Waals surface area contributed by atoms with Crippen molar-refractivity contribution in [2.75, 3.05) is 13.2 Å². The zero-order valence-corrected chi connectivity index (χ0v) is 13.6. The first-order valence-electron chi connectivity index (χ1n) is 8.03. The highest BCUT2D eigenvalue weighted by Gasteiger charge is 2.30. The predicted octanol–water partition coefficient (Wildman–Crippen LogP) is 3.08. The SMILES string of the molecule is O=C(O)CN(Cc1ccc(C(F)(F)F)cc1)C(=O)COC1CCCC1. The monoisotopic (exact) mass is 359 g/mol. The molecule has 1 fully saturated rings. The number of hydrogen-bond donors (Lipinski definition) is 1. The molecule has 1 amide bonds. The summed E-state index contributed by atoms with van der Waals surface area (Å²) in [6.07, 6.45) is -0.575. The number of alkyl halides is 3. The highest BCUT2D eigenvalue weighted by molar-refractivity contribution is 5.82. The smallest absolute Gasteiger partial charge is 0.416 e. The van der Waals surface area contributed by atoms with E-state index < -0.39 is 30.2 Å². The van der Waals surface area contributed by atoms with Crippen molar-refractivity contribution in [2.45, 2.75) is 44.5 Å². The second-order valence-corrected chi connectivity index (χ2v) is 6.06. The minimum absolute atomic E-state index is 0.0155. The van der Waals surface area contributed by atoms with Gasteiger partial charge in [-0.3, -0.25) is 9.59 Å². The van der Waals surface area contributed by atoms with Gasteiger partial charge in [0, 0.05) is 6.54 Å². The molecule has 0 saturated heterocycles. The Hall–Kier alpha value is -2.09. The van der Waals surface area contributed by atoms with Crippen LogP contribution in [0.25, 0.3) is 0 Å². The molecular formula is C17H20F3NO4. The molecule has 0 unspecified atom stereocenters. The first-order chi connectivity index (χ1) is 11.8. The van der Waals surface area contributed by atoms with Crippen LogP contribution in [0.15, 0.2) is 24.3 Å². The van der Waals surface area contributed by atoms with E-state index in [2.05, 4.69) is 0 Å². The standard InChI is InChI=1S/C17H20F3NO4/c18-17(19,20)13-7-5-12(6-8-13)9-21(10-16(23)24)15(22)11-25-14-3-1-2-4-14/h5-8,14H,1-4,9-11H2,(H,23,24). The van der Waals surface area contributed by atoms with Gasteiger partial charge in [-0.25, -0.2) is 0 Å². The van der Waals surface area contributed by atoms with Crippen LogP contribution in [0.4, 0.5) is 13.2 Å². The predicted molar refractivity (Wildman–Crippen MR) is 82.7 cm³/mol. The van der Waals surface area contributed by atoms with Crippen LogP contribution in [0.2, 0.25) is 0 Å². The number of benzene rings is 1. The Morgan fingerprint density at radius 2 is 1.76 bits per heavy atom.